The van der Waals surface area contributed by atoms with Gasteiger partial charge in [-0.05, 0) is 25.3 Å². The first-order chi connectivity index (χ1) is 11.5. The van der Waals surface area contributed by atoms with Crippen LogP contribution >= 0.6 is 0 Å². The van der Waals surface area contributed by atoms with Crippen molar-refractivity contribution >= 4 is 11.8 Å². The topological polar surface area (TPSA) is 75.4 Å². The van der Waals surface area contributed by atoms with E-state index in [1.165, 1.54) is 12.1 Å². The van der Waals surface area contributed by atoms with Crippen molar-refractivity contribution in [2.24, 2.45) is 5.73 Å². The van der Waals surface area contributed by atoms with Crippen LogP contribution in [0.5, 0.6) is 0 Å². The Kier molecular flexibility index (Phi) is 6.66. The highest BCUT2D eigenvalue weighted by Crippen LogP contribution is 2.19. The van der Waals surface area contributed by atoms with Crippen molar-refractivity contribution in [2.45, 2.75) is 38.1 Å². The largest absolute Gasteiger partial charge is 0.354 e. The van der Waals surface area contributed by atoms with Crippen LogP contribution in [0.4, 0.5) is 8.78 Å². The molecule has 1 fully saturated rings. The summed E-state index contributed by atoms with van der Waals surface area (Å²) in [6, 6.07) is 3.71. The molecule has 1 aliphatic heterocycles. The Bertz CT molecular complexity index is 595. The fourth-order valence-corrected chi connectivity index (χ4v) is 2.94. The Morgan fingerprint density at radius 1 is 1.29 bits per heavy atom. The molecule has 1 saturated heterocycles. The molecule has 0 spiro atoms. The minimum Gasteiger partial charge on any atom is -0.354 e. The summed E-state index contributed by atoms with van der Waals surface area (Å²) in [5, 5.41) is 2.78. The van der Waals surface area contributed by atoms with Crippen molar-refractivity contribution < 1.29 is 18.4 Å². The molecule has 1 heterocycles. The summed E-state index contributed by atoms with van der Waals surface area (Å²) < 4.78 is 27.0. The van der Waals surface area contributed by atoms with Crippen LogP contribution in [0.3, 0.4) is 0 Å². The molecule has 5 nitrogen and oxygen atoms in total. The molecule has 1 aromatic rings. The van der Waals surface area contributed by atoms with Gasteiger partial charge in [-0.3, -0.25) is 9.59 Å². The van der Waals surface area contributed by atoms with E-state index in [1.54, 1.807) is 4.90 Å². The van der Waals surface area contributed by atoms with Crippen LogP contribution in [-0.2, 0) is 16.0 Å². The first-order valence-corrected chi connectivity index (χ1v) is 8.22. The number of rotatable bonds is 6. The van der Waals surface area contributed by atoms with Crippen molar-refractivity contribution in [3.05, 3.63) is 35.4 Å². The van der Waals surface area contributed by atoms with Crippen molar-refractivity contribution in [3.63, 3.8) is 0 Å². The van der Waals surface area contributed by atoms with Gasteiger partial charge in [0.15, 0.2) is 11.6 Å². The van der Waals surface area contributed by atoms with E-state index in [2.05, 4.69) is 5.32 Å². The highest BCUT2D eigenvalue weighted by Gasteiger charge is 2.27. The second kappa shape index (κ2) is 8.73. The third-order valence-electron chi connectivity index (χ3n) is 4.23. The quantitative estimate of drug-likeness (QED) is 0.822. The fourth-order valence-electron chi connectivity index (χ4n) is 2.94. The van der Waals surface area contributed by atoms with Crippen LogP contribution in [-0.4, -0.2) is 42.4 Å². The number of nitrogens with one attached hydrogen (secondary N) is 1. The Balaban J connectivity index is 1.99. The third kappa shape index (κ3) is 4.74. The maximum atomic E-state index is 13.8. The Hall–Kier alpha value is -2.02. The number of hydrogen-bond acceptors (Lipinski definition) is 3. The number of carbonyl (C=O) groups excluding carboxylic acids is 2. The molecule has 1 unspecified atom stereocenters. The molecule has 1 aliphatic rings. The van der Waals surface area contributed by atoms with Gasteiger partial charge in [-0.25, -0.2) is 8.78 Å². The van der Waals surface area contributed by atoms with Crippen molar-refractivity contribution in [2.75, 3.05) is 19.6 Å². The minimum absolute atomic E-state index is 0.0523. The molecule has 3 N–H and O–H groups in total. The van der Waals surface area contributed by atoms with Gasteiger partial charge in [0.1, 0.15) is 0 Å². The SMILES string of the molecule is NCCC(=O)NCC1CCCCN1C(=O)Cc1cccc(F)c1F. The summed E-state index contributed by atoms with van der Waals surface area (Å²) in [5.74, 6) is -2.33. The van der Waals surface area contributed by atoms with Gasteiger partial charge < -0.3 is 16.0 Å². The van der Waals surface area contributed by atoms with Crippen LogP contribution in [0.2, 0.25) is 0 Å². The lowest BCUT2D eigenvalue weighted by Crippen LogP contribution is -2.50. The fraction of sp³-hybridized carbons (Fsp3) is 0.529. The lowest BCUT2D eigenvalue weighted by molar-refractivity contribution is -0.134. The summed E-state index contributed by atoms with van der Waals surface area (Å²) in [4.78, 5) is 25.7. The lowest BCUT2D eigenvalue weighted by Gasteiger charge is -2.36. The molecule has 2 rings (SSSR count). The predicted molar refractivity (Wildman–Crippen MR) is 86.1 cm³/mol. The molecule has 132 valence electrons. The Morgan fingerprint density at radius 2 is 2.08 bits per heavy atom. The maximum Gasteiger partial charge on any atom is 0.227 e. The van der Waals surface area contributed by atoms with E-state index in [0.29, 0.717) is 13.1 Å². The van der Waals surface area contributed by atoms with Crippen molar-refractivity contribution in [3.8, 4) is 0 Å². The molecule has 0 aromatic heterocycles. The Labute approximate surface area is 140 Å². The molecular formula is C17H23F2N3O2. The zero-order valence-corrected chi connectivity index (χ0v) is 13.6. The molecular weight excluding hydrogens is 316 g/mol. The van der Waals surface area contributed by atoms with Gasteiger partial charge in [0.2, 0.25) is 11.8 Å². The van der Waals surface area contributed by atoms with Gasteiger partial charge in [-0.1, -0.05) is 12.1 Å². The maximum absolute atomic E-state index is 13.8. The number of hydrogen-bond donors (Lipinski definition) is 2. The Morgan fingerprint density at radius 3 is 2.83 bits per heavy atom. The summed E-state index contributed by atoms with van der Waals surface area (Å²) >= 11 is 0. The van der Waals surface area contributed by atoms with Crippen LogP contribution in [0.15, 0.2) is 18.2 Å². The molecule has 0 bridgehead atoms. The monoisotopic (exact) mass is 339 g/mol. The third-order valence-corrected chi connectivity index (χ3v) is 4.23. The van der Waals surface area contributed by atoms with Gasteiger partial charge in [0, 0.05) is 37.7 Å². The number of likely N-dealkylation sites (tertiary alicyclic amines) is 1. The van der Waals surface area contributed by atoms with Crippen LogP contribution in [0.25, 0.3) is 0 Å². The second-order valence-corrected chi connectivity index (χ2v) is 5.97. The number of nitrogens with two attached hydrogens (primary N) is 1. The highest BCUT2D eigenvalue weighted by molar-refractivity contribution is 5.79. The van der Waals surface area contributed by atoms with Crippen LogP contribution in [0.1, 0.15) is 31.2 Å². The average molecular weight is 339 g/mol. The van der Waals surface area contributed by atoms with Gasteiger partial charge in [0.05, 0.1) is 6.42 Å². The van der Waals surface area contributed by atoms with E-state index in [9.17, 15) is 18.4 Å². The second-order valence-electron chi connectivity index (χ2n) is 5.97. The average Bonchev–Trinajstić information content (AvgIpc) is 2.57. The molecule has 0 aliphatic carbocycles. The molecule has 1 aromatic carbocycles. The number of piperidine rings is 1. The number of halogens is 2. The van der Waals surface area contributed by atoms with Gasteiger partial charge >= 0.3 is 0 Å². The molecule has 7 heteroatoms. The summed E-state index contributed by atoms with van der Waals surface area (Å²) in [6.07, 6.45) is 2.67. The molecule has 2 amide bonds. The van der Waals surface area contributed by atoms with E-state index in [-0.39, 0.29) is 42.8 Å². The van der Waals surface area contributed by atoms with Crippen molar-refractivity contribution in [1.29, 1.82) is 0 Å². The van der Waals surface area contributed by atoms with E-state index >= 15 is 0 Å². The van der Waals surface area contributed by atoms with Crippen LogP contribution < -0.4 is 11.1 Å². The van der Waals surface area contributed by atoms with Gasteiger partial charge in [0.25, 0.3) is 0 Å². The molecule has 1 atom stereocenters. The van der Waals surface area contributed by atoms with Crippen LogP contribution in [0, 0.1) is 11.6 Å². The van der Waals surface area contributed by atoms with Gasteiger partial charge in [-0.2, -0.15) is 0 Å². The first-order valence-electron chi connectivity index (χ1n) is 8.22. The van der Waals surface area contributed by atoms with E-state index in [0.717, 1.165) is 25.3 Å². The van der Waals surface area contributed by atoms with E-state index < -0.39 is 11.6 Å². The molecule has 24 heavy (non-hydrogen) atoms. The number of nitrogens with zero attached hydrogens (tertiary/aromatic N) is 1. The number of carbonyl (C=O) groups is 2. The normalized spacial score (nSPS) is 17.6. The standard InChI is InChI=1S/C17H23F2N3O2/c18-14-6-3-4-12(17(14)19)10-16(24)22-9-2-1-5-13(22)11-21-15(23)7-8-20/h3-4,6,13H,1-2,5,7-11,20H2,(H,21,23). The zero-order chi connectivity index (χ0) is 17.5. The molecule has 0 saturated carbocycles. The van der Waals surface area contributed by atoms with Gasteiger partial charge in [-0.15, -0.1) is 0 Å². The van der Waals surface area contributed by atoms with E-state index in [4.69, 9.17) is 5.73 Å². The predicted octanol–water partition coefficient (Wildman–Crippen LogP) is 1.35. The number of amides is 2. The lowest BCUT2D eigenvalue weighted by atomic mass is 10.0. The molecule has 0 radical (unpaired) electrons. The summed E-state index contributed by atoms with van der Waals surface area (Å²) in [5.41, 5.74) is 5.39. The zero-order valence-electron chi connectivity index (χ0n) is 13.6. The summed E-state index contributed by atoms with van der Waals surface area (Å²) in [7, 11) is 0. The summed E-state index contributed by atoms with van der Waals surface area (Å²) in [6.45, 7) is 1.20. The number of benzene rings is 1. The first kappa shape index (κ1) is 18.3. The van der Waals surface area contributed by atoms with Crippen molar-refractivity contribution in [1.82, 2.24) is 10.2 Å². The van der Waals surface area contributed by atoms with E-state index in [1.807, 2.05) is 0 Å². The minimum atomic E-state index is -0.976. The highest BCUT2D eigenvalue weighted by atomic mass is 19.2. The smallest absolute Gasteiger partial charge is 0.227 e.